The molecule has 1 heterocycles. The first-order chi connectivity index (χ1) is 9.86. The van der Waals surface area contributed by atoms with Crippen LogP contribution in [0.2, 0.25) is 5.02 Å². The SMILES string of the molecule is O=C1C=C(Nc2c(Br)cc(Br)c(F)c2Cl)C(=O)N1CCO. The highest BCUT2D eigenvalue weighted by molar-refractivity contribution is 9.11. The fourth-order valence-corrected chi connectivity index (χ4v) is 3.47. The van der Waals surface area contributed by atoms with Gasteiger partial charge in [0.15, 0.2) is 5.82 Å². The van der Waals surface area contributed by atoms with Gasteiger partial charge in [0.1, 0.15) is 10.7 Å². The number of imide groups is 1. The van der Waals surface area contributed by atoms with Crippen molar-refractivity contribution in [3.63, 3.8) is 0 Å². The van der Waals surface area contributed by atoms with Crippen LogP contribution in [0.1, 0.15) is 0 Å². The Balaban J connectivity index is 2.32. The summed E-state index contributed by atoms with van der Waals surface area (Å²) in [6.45, 7) is -0.446. The number of hydrogen-bond donors (Lipinski definition) is 2. The van der Waals surface area contributed by atoms with Crippen LogP contribution in [0.4, 0.5) is 10.1 Å². The molecule has 2 N–H and O–H groups in total. The molecule has 1 aromatic rings. The van der Waals surface area contributed by atoms with Gasteiger partial charge in [0.25, 0.3) is 11.8 Å². The molecule has 5 nitrogen and oxygen atoms in total. The van der Waals surface area contributed by atoms with E-state index in [0.717, 1.165) is 11.0 Å². The average molecular weight is 442 g/mol. The van der Waals surface area contributed by atoms with Gasteiger partial charge in [-0.25, -0.2) is 4.39 Å². The summed E-state index contributed by atoms with van der Waals surface area (Å²) in [5.41, 5.74) is 0.0911. The number of carbonyl (C=O) groups is 2. The highest BCUT2D eigenvalue weighted by atomic mass is 79.9. The molecule has 0 saturated heterocycles. The van der Waals surface area contributed by atoms with Crippen molar-refractivity contribution in [2.45, 2.75) is 0 Å². The third-order valence-electron chi connectivity index (χ3n) is 2.71. The summed E-state index contributed by atoms with van der Waals surface area (Å²) in [6, 6.07) is 1.43. The summed E-state index contributed by atoms with van der Waals surface area (Å²) in [5.74, 6) is -1.85. The number of aliphatic hydroxyl groups excluding tert-OH is 1. The van der Waals surface area contributed by atoms with Crippen LogP contribution in [0, 0.1) is 5.82 Å². The fourth-order valence-electron chi connectivity index (χ4n) is 1.73. The number of nitrogens with one attached hydrogen (secondary N) is 1. The van der Waals surface area contributed by atoms with E-state index >= 15 is 0 Å². The lowest BCUT2D eigenvalue weighted by Gasteiger charge is -2.15. The first-order valence-electron chi connectivity index (χ1n) is 5.65. The minimum Gasteiger partial charge on any atom is -0.395 e. The van der Waals surface area contributed by atoms with Gasteiger partial charge in [0.2, 0.25) is 0 Å². The molecule has 112 valence electrons. The molecule has 0 bridgehead atoms. The average Bonchev–Trinajstić information content (AvgIpc) is 2.69. The summed E-state index contributed by atoms with van der Waals surface area (Å²) in [4.78, 5) is 24.5. The minimum absolute atomic E-state index is 0.0437. The van der Waals surface area contributed by atoms with Crippen molar-refractivity contribution in [1.82, 2.24) is 4.90 Å². The molecule has 2 rings (SSSR count). The highest BCUT2D eigenvalue weighted by Gasteiger charge is 2.31. The summed E-state index contributed by atoms with van der Waals surface area (Å²) >= 11 is 12.1. The Morgan fingerprint density at radius 1 is 1.33 bits per heavy atom. The molecule has 1 aliphatic rings. The standard InChI is InChI=1S/C12H8Br2ClFN2O3/c13-5-3-6(14)11(9(15)10(5)16)17-7-4-8(20)18(1-2-19)12(7)21/h3-4,17,19H,1-2H2. The topological polar surface area (TPSA) is 69.6 Å². The molecule has 1 aromatic carbocycles. The number of halogens is 4. The third kappa shape index (κ3) is 3.13. The number of benzene rings is 1. The highest BCUT2D eigenvalue weighted by Crippen LogP contribution is 2.38. The number of carbonyl (C=O) groups excluding carboxylic acids is 2. The molecule has 0 fully saturated rings. The molecular weight excluding hydrogens is 434 g/mol. The largest absolute Gasteiger partial charge is 0.395 e. The van der Waals surface area contributed by atoms with E-state index in [-0.39, 0.29) is 34.0 Å². The number of amides is 2. The molecule has 21 heavy (non-hydrogen) atoms. The van der Waals surface area contributed by atoms with Gasteiger partial charge in [-0.3, -0.25) is 14.5 Å². The minimum atomic E-state index is -0.688. The van der Waals surface area contributed by atoms with Crippen molar-refractivity contribution in [1.29, 1.82) is 0 Å². The van der Waals surface area contributed by atoms with Crippen LogP contribution in [0.25, 0.3) is 0 Å². The molecule has 9 heteroatoms. The predicted molar refractivity (Wildman–Crippen MR) is 82.3 cm³/mol. The van der Waals surface area contributed by atoms with Crippen molar-refractivity contribution in [3.8, 4) is 0 Å². The van der Waals surface area contributed by atoms with Crippen molar-refractivity contribution in [2.75, 3.05) is 18.5 Å². The molecule has 0 aliphatic carbocycles. The van der Waals surface area contributed by atoms with Gasteiger partial charge in [0.05, 0.1) is 23.3 Å². The maximum Gasteiger partial charge on any atom is 0.277 e. The van der Waals surface area contributed by atoms with E-state index < -0.39 is 17.6 Å². The summed E-state index contributed by atoms with van der Waals surface area (Å²) < 4.78 is 14.3. The second-order valence-corrected chi connectivity index (χ2v) is 6.13. The van der Waals surface area contributed by atoms with Gasteiger partial charge < -0.3 is 10.4 Å². The van der Waals surface area contributed by atoms with E-state index in [1.54, 1.807) is 0 Å². The Labute approximate surface area is 141 Å². The van der Waals surface area contributed by atoms with Crippen LogP contribution in [-0.4, -0.2) is 35.0 Å². The Bertz CT molecular complexity index is 666. The quantitative estimate of drug-likeness (QED) is 0.427. The van der Waals surface area contributed by atoms with Crippen LogP contribution in [0.5, 0.6) is 0 Å². The first kappa shape index (κ1) is 16.4. The lowest BCUT2D eigenvalue weighted by Crippen LogP contribution is -2.34. The van der Waals surface area contributed by atoms with Gasteiger partial charge in [-0.1, -0.05) is 11.6 Å². The third-order valence-corrected chi connectivity index (χ3v) is 4.26. The van der Waals surface area contributed by atoms with E-state index in [2.05, 4.69) is 37.2 Å². The Morgan fingerprint density at radius 2 is 2.00 bits per heavy atom. The van der Waals surface area contributed by atoms with Gasteiger partial charge in [-0.15, -0.1) is 0 Å². The number of anilines is 1. The normalized spacial score (nSPS) is 14.7. The smallest absolute Gasteiger partial charge is 0.277 e. The second-order valence-electron chi connectivity index (χ2n) is 4.04. The Hall–Kier alpha value is -0.960. The van der Waals surface area contributed by atoms with Gasteiger partial charge in [-0.2, -0.15) is 0 Å². The lowest BCUT2D eigenvalue weighted by atomic mass is 10.3. The van der Waals surface area contributed by atoms with Crippen molar-refractivity contribution >= 4 is 61.0 Å². The zero-order chi connectivity index (χ0) is 15.7. The molecule has 2 amide bonds. The van der Waals surface area contributed by atoms with Gasteiger partial charge in [0, 0.05) is 10.5 Å². The van der Waals surface area contributed by atoms with E-state index in [1.165, 1.54) is 6.07 Å². The summed E-state index contributed by atoms with van der Waals surface area (Å²) in [7, 11) is 0. The summed E-state index contributed by atoms with van der Waals surface area (Å²) in [6.07, 6.45) is 1.07. The molecule has 0 spiro atoms. The second kappa shape index (κ2) is 6.43. The molecule has 0 unspecified atom stereocenters. The maximum absolute atomic E-state index is 13.8. The first-order valence-corrected chi connectivity index (χ1v) is 7.61. The lowest BCUT2D eigenvalue weighted by molar-refractivity contribution is -0.137. The number of β-amino-alcohol motifs (C(OH)–C–C–N with tert-alkyl or cyclic N) is 1. The van der Waals surface area contributed by atoms with Crippen LogP contribution in [0.3, 0.4) is 0 Å². The van der Waals surface area contributed by atoms with Crippen LogP contribution < -0.4 is 5.32 Å². The molecular formula is C12H8Br2ClFN2O3. The Kier molecular flexibility index (Phi) is 5.03. The Morgan fingerprint density at radius 3 is 2.62 bits per heavy atom. The molecule has 1 aliphatic heterocycles. The van der Waals surface area contributed by atoms with Crippen LogP contribution in [0.15, 0.2) is 26.8 Å². The molecule has 0 radical (unpaired) electrons. The van der Waals surface area contributed by atoms with Crippen molar-refractivity contribution in [2.24, 2.45) is 0 Å². The van der Waals surface area contributed by atoms with E-state index in [4.69, 9.17) is 16.7 Å². The number of aliphatic hydroxyl groups is 1. The summed E-state index contributed by atoms with van der Waals surface area (Å²) in [5, 5.41) is 11.2. The van der Waals surface area contributed by atoms with E-state index in [1.807, 2.05) is 0 Å². The predicted octanol–water partition coefficient (Wildman–Crippen LogP) is 2.66. The monoisotopic (exact) mass is 440 g/mol. The maximum atomic E-state index is 13.8. The van der Waals surface area contributed by atoms with Gasteiger partial charge >= 0.3 is 0 Å². The van der Waals surface area contributed by atoms with Crippen molar-refractivity contribution in [3.05, 3.63) is 37.6 Å². The molecule has 0 saturated carbocycles. The van der Waals surface area contributed by atoms with Crippen LogP contribution in [-0.2, 0) is 9.59 Å². The van der Waals surface area contributed by atoms with Crippen molar-refractivity contribution < 1.29 is 19.1 Å². The molecule has 0 aromatic heterocycles. The number of nitrogens with zero attached hydrogens (tertiary/aromatic N) is 1. The van der Waals surface area contributed by atoms with E-state index in [0.29, 0.717) is 4.47 Å². The number of rotatable bonds is 4. The number of hydrogen-bond acceptors (Lipinski definition) is 4. The zero-order valence-electron chi connectivity index (χ0n) is 10.3. The zero-order valence-corrected chi connectivity index (χ0v) is 14.2. The molecule has 0 atom stereocenters. The fraction of sp³-hybridized carbons (Fsp3) is 0.167. The van der Waals surface area contributed by atoms with Crippen LogP contribution >= 0.6 is 43.5 Å². The van der Waals surface area contributed by atoms with E-state index in [9.17, 15) is 14.0 Å². The van der Waals surface area contributed by atoms with Gasteiger partial charge in [-0.05, 0) is 37.9 Å².